The summed E-state index contributed by atoms with van der Waals surface area (Å²) < 4.78 is 5.11. The van der Waals surface area contributed by atoms with Crippen molar-refractivity contribution in [1.29, 1.82) is 0 Å². The van der Waals surface area contributed by atoms with Gasteiger partial charge in [0, 0.05) is 17.4 Å². The Morgan fingerprint density at radius 1 is 1.16 bits per heavy atom. The Labute approximate surface area is 111 Å². The van der Waals surface area contributed by atoms with Gasteiger partial charge in [0.2, 0.25) is 0 Å². The van der Waals surface area contributed by atoms with Crippen LogP contribution in [0.4, 0.5) is 5.69 Å². The van der Waals surface area contributed by atoms with E-state index in [0.717, 1.165) is 22.4 Å². The molecule has 1 N–H and O–H groups in total. The van der Waals surface area contributed by atoms with Gasteiger partial charge < -0.3 is 9.84 Å². The highest BCUT2D eigenvalue weighted by Crippen LogP contribution is 2.33. The van der Waals surface area contributed by atoms with Crippen LogP contribution in [0.25, 0.3) is 11.6 Å². The van der Waals surface area contributed by atoms with E-state index >= 15 is 0 Å². The molecule has 0 aromatic heterocycles. The number of allylic oxidation sites excluding steroid dienone is 1. The zero-order valence-electron chi connectivity index (χ0n) is 10.5. The van der Waals surface area contributed by atoms with E-state index in [1.165, 1.54) is 7.11 Å². The molecule has 3 heteroatoms. The van der Waals surface area contributed by atoms with Crippen LogP contribution in [0.1, 0.15) is 11.1 Å². The number of nitrogens with zero attached hydrogens (tertiary/aromatic N) is 1. The molecule has 0 bridgehead atoms. The van der Waals surface area contributed by atoms with Gasteiger partial charge in [-0.1, -0.05) is 24.3 Å². The van der Waals surface area contributed by atoms with Crippen LogP contribution in [0.3, 0.4) is 0 Å². The molecule has 0 spiro atoms. The van der Waals surface area contributed by atoms with E-state index in [1.54, 1.807) is 12.1 Å². The first-order valence-corrected chi connectivity index (χ1v) is 6.00. The minimum atomic E-state index is 0.144. The van der Waals surface area contributed by atoms with Crippen molar-refractivity contribution < 1.29 is 9.84 Å². The van der Waals surface area contributed by atoms with Gasteiger partial charge in [0.1, 0.15) is 0 Å². The Balaban J connectivity index is 2.02. The van der Waals surface area contributed by atoms with Gasteiger partial charge in [-0.05, 0) is 29.8 Å². The summed E-state index contributed by atoms with van der Waals surface area (Å²) >= 11 is 0. The van der Waals surface area contributed by atoms with Gasteiger partial charge in [0.25, 0.3) is 0 Å². The molecule has 3 rings (SSSR count). The van der Waals surface area contributed by atoms with Crippen LogP contribution in [-0.2, 0) is 0 Å². The Hall–Kier alpha value is -2.55. The van der Waals surface area contributed by atoms with Gasteiger partial charge in [-0.25, -0.2) is 0 Å². The normalized spacial score (nSPS) is 14.7. The number of benzene rings is 2. The highest BCUT2D eigenvalue weighted by atomic mass is 16.5. The first-order chi connectivity index (χ1) is 9.28. The molecule has 1 heterocycles. The van der Waals surface area contributed by atoms with Gasteiger partial charge in [0.05, 0.1) is 12.8 Å². The van der Waals surface area contributed by atoms with Crippen molar-refractivity contribution in [1.82, 2.24) is 0 Å². The second-order valence-electron chi connectivity index (χ2n) is 4.31. The lowest BCUT2D eigenvalue weighted by Gasteiger charge is -2.04. The number of aromatic hydroxyl groups is 1. The lowest BCUT2D eigenvalue weighted by Crippen LogP contribution is -1.85. The van der Waals surface area contributed by atoms with E-state index in [4.69, 9.17) is 4.74 Å². The molecule has 94 valence electrons. The van der Waals surface area contributed by atoms with Crippen LogP contribution in [0.2, 0.25) is 0 Å². The monoisotopic (exact) mass is 251 g/mol. The first kappa shape index (κ1) is 11.5. The van der Waals surface area contributed by atoms with Crippen LogP contribution in [0.5, 0.6) is 11.5 Å². The van der Waals surface area contributed by atoms with Gasteiger partial charge in [-0.15, -0.1) is 0 Å². The molecule has 0 saturated heterocycles. The lowest BCUT2D eigenvalue weighted by atomic mass is 10.0. The lowest BCUT2D eigenvalue weighted by molar-refractivity contribution is 0.373. The number of fused-ring (bicyclic) bond motifs is 1. The average molecular weight is 251 g/mol. The third-order valence-electron chi connectivity index (χ3n) is 3.08. The summed E-state index contributed by atoms with van der Waals surface area (Å²) in [4.78, 5) is 4.36. The second-order valence-corrected chi connectivity index (χ2v) is 4.31. The highest BCUT2D eigenvalue weighted by Gasteiger charge is 2.11. The molecule has 2 aromatic carbocycles. The van der Waals surface area contributed by atoms with E-state index in [2.05, 4.69) is 4.99 Å². The number of hydrogen-bond donors (Lipinski definition) is 1. The van der Waals surface area contributed by atoms with Crippen molar-refractivity contribution in [2.24, 2.45) is 4.99 Å². The molecule has 1 aliphatic heterocycles. The maximum atomic E-state index is 9.58. The number of aliphatic imine (C=N–C) groups is 1. The smallest absolute Gasteiger partial charge is 0.161 e. The maximum Gasteiger partial charge on any atom is 0.161 e. The largest absolute Gasteiger partial charge is 0.504 e. The Morgan fingerprint density at radius 2 is 2.00 bits per heavy atom. The van der Waals surface area contributed by atoms with E-state index in [-0.39, 0.29) is 5.75 Å². The van der Waals surface area contributed by atoms with Crippen LogP contribution in [0.15, 0.2) is 47.5 Å². The van der Waals surface area contributed by atoms with Crippen molar-refractivity contribution in [3.05, 3.63) is 53.6 Å². The fourth-order valence-corrected chi connectivity index (χ4v) is 2.12. The van der Waals surface area contributed by atoms with Gasteiger partial charge in [-0.2, -0.15) is 0 Å². The summed E-state index contributed by atoms with van der Waals surface area (Å²) in [5.41, 5.74) is 4.13. The van der Waals surface area contributed by atoms with Crippen LogP contribution >= 0.6 is 0 Å². The van der Waals surface area contributed by atoms with Crippen LogP contribution in [0, 0.1) is 0 Å². The number of methoxy groups -OCH3 is 1. The van der Waals surface area contributed by atoms with Crippen LogP contribution in [-0.4, -0.2) is 18.4 Å². The minimum absolute atomic E-state index is 0.144. The van der Waals surface area contributed by atoms with Gasteiger partial charge in [-0.3, -0.25) is 4.99 Å². The van der Waals surface area contributed by atoms with E-state index in [0.29, 0.717) is 5.75 Å². The molecule has 0 fully saturated rings. The maximum absolute atomic E-state index is 9.58. The first-order valence-electron chi connectivity index (χ1n) is 6.00. The molecule has 3 nitrogen and oxygen atoms in total. The molecular formula is C16H13NO2. The number of phenolic OH excluding ortho intramolecular Hbond substituents is 1. The predicted molar refractivity (Wildman–Crippen MR) is 77.1 cm³/mol. The number of rotatable bonds is 2. The summed E-state index contributed by atoms with van der Waals surface area (Å²) in [6.07, 6.45) is 3.88. The zero-order valence-corrected chi connectivity index (χ0v) is 10.5. The molecule has 0 amide bonds. The summed E-state index contributed by atoms with van der Waals surface area (Å²) in [6, 6.07) is 13.3. The molecule has 1 aliphatic rings. The summed E-state index contributed by atoms with van der Waals surface area (Å²) in [5, 5.41) is 9.58. The van der Waals surface area contributed by atoms with Crippen molar-refractivity contribution in [2.75, 3.05) is 7.11 Å². The molecule has 0 saturated carbocycles. The fraction of sp³-hybridized carbons (Fsp3) is 0.0625. The number of ether oxygens (including phenoxy) is 1. The summed E-state index contributed by atoms with van der Waals surface area (Å²) in [6.45, 7) is 0. The third-order valence-corrected chi connectivity index (χ3v) is 3.08. The topological polar surface area (TPSA) is 41.8 Å². The Bertz CT molecular complexity index is 687. The summed E-state index contributed by atoms with van der Waals surface area (Å²) in [5.74, 6) is 0.614. The molecule has 0 atom stereocenters. The van der Waals surface area contributed by atoms with E-state index in [1.807, 2.05) is 42.6 Å². The van der Waals surface area contributed by atoms with Crippen molar-refractivity contribution in [2.45, 2.75) is 0 Å². The van der Waals surface area contributed by atoms with Crippen molar-refractivity contribution in [3.63, 3.8) is 0 Å². The van der Waals surface area contributed by atoms with Crippen molar-refractivity contribution >= 4 is 23.6 Å². The Kier molecular flexibility index (Phi) is 2.80. The fourth-order valence-electron chi connectivity index (χ4n) is 2.12. The van der Waals surface area contributed by atoms with E-state index < -0.39 is 0 Å². The number of hydrogen-bond acceptors (Lipinski definition) is 3. The van der Waals surface area contributed by atoms with Crippen molar-refractivity contribution in [3.8, 4) is 11.5 Å². The SMILES string of the molecule is COc1cc(/C=C2\C=Nc3ccccc32)ccc1O. The quantitative estimate of drug-likeness (QED) is 0.885. The highest BCUT2D eigenvalue weighted by molar-refractivity contribution is 6.21. The molecule has 2 aromatic rings. The predicted octanol–water partition coefficient (Wildman–Crippen LogP) is 3.66. The minimum Gasteiger partial charge on any atom is -0.504 e. The van der Waals surface area contributed by atoms with Gasteiger partial charge in [0.15, 0.2) is 11.5 Å². The number of phenols is 1. The molecule has 0 unspecified atom stereocenters. The molecular weight excluding hydrogens is 238 g/mol. The van der Waals surface area contributed by atoms with E-state index in [9.17, 15) is 5.11 Å². The number of para-hydroxylation sites is 1. The molecule has 0 radical (unpaired) electrons. The molecule has 19 heavy (non-hydrogen) atoms. The zero-order chi connectivity index (χ0) is 13.2. The average Bonchev–Trinajstić information content (AvgIpc) is 2.84. The third kappa shape index (κ3) is 2.10. The molecule has 0 aliphatic carbocycles. The summed E-state index contributed by atoms with van der Waals surface area (Å²) in [7, 11) is 1.54. The Morgan fingerprint density at radius 3 is 2.84 bits per heavy atom. The second kappa shape index (κ2) is 4.61. The standard InChI is InChI=1S/C16H13NO2/c1-19-16-9-11(6-7-15(16)18)8-12-10-17-14-5-3-2-4-13(12)14/h2-10,18H,1H3/b12-8+. The van der Waals surface area contributed by atoms with Gasteiger partial charge >= 0.3 is 0 Å². The van der Waals surface area contributed by atoms with Crippen LogP contribution < -0.4 is 4.74 Å².